The van der Waals surface area contributed by atoms with Crippen LogP contribution in [0.4, 0.5) is 13.2 Å². The quantitative estimate of drug-likeness (QED) is 0.810. The Balaban J connectivity index is 2.55. The number of rotatable bonds is 3. The van der Waals surface area contributed by atoms with Crippen LogP contribution in [0.3, 0.4) is 0 Å². The van der Waals surface area contributed by atoms with Crippen LogP contribution in [0.1, 0.15) is 22.7 Å². The lowest BCUT2D eigenvalue weighted by Gasteiger charge is -2.19. The van der Waals surface area contributed by atoms with E-state index >= 15 is 0 Å². The van der Waals surface area contributed by atoms with E-state index in [2.05, 4.69) is 21.2 Å². The molecule has 20 heavy (non-hydrogen) atoms. The molecule has 2 aromatic rings. The van der Waals surface area contributed by atoms with Gasteiger partial charge in [0.15, 0.2) is 11.6 Å². The van der Waals surface area contributed by atoms with Crippen LogP contribution >= 0.6 is 15.9 Å². The lowest BCUT2D eigenvalue weighted by Crippen LogP contribution is -2.19. The first-order valence-electron chi connectivity index (χ1n) is 6.01. The van der Waals surface area contributed by atoms with Crippen LogP contribution in [-0.4, -0.2) is 7.05 Å². The molecule has 1 N–H and O–H groups in total. The topological polar surface area (TPSA) is 12.0 Å². The standard InChI is InChI=1S/C15H13BrF3N/c1-8-3-9(5-10(16)4-8)15(20-2)11-6-13(18)14(19)7-12(11)17/h3-7,15,20H,1-2H3. The Bertz CT molecular complexity index is 623. The molecule has 2 aromatic carbocycles. The largest absolute Gasteiger partial charge is 0.309 e. The Morgan fingerprint density at radius 1 is 0.950 bits per heavy atom. The minimum atomic E-state index is -1.19. The molecule has 0 aromatic heterocycles. The van der Waals surface area contributed by atoms with Crippen molar-refractivity contribution in [3.05, 3.63) is 68.9 Å². The maximum absolute atomic E-state index is 13.9. The van der Waals surface area contributed by atoms with Crippen LogP contribution in [0.15, 0.2) is 34.8 Å². The highest BCUT2D eigenvalue weighted by atomic mass is 79.9. The van der Waals surface area contributed by atoms with Crippen molar-refractivity contribution in [2.75, 3.05) is 7.05 Å². The van der Waals surface area contributed by atoms with Crippen molar-refractivity contribution < 1.29 is 13.2 Å². The molecular weight excluding hydrogens is 331 g/mol. The summed E-state index contributed by atoms with van der Waals surface area (Å²) >= 11 is 3.37. The maximum Gasteiger partial charge on any atom is 0.161 e. The molecule has 5 heteroatoms. The zero-order valence-corrected chi connectivity index (χ0v) is 12.6. The summed E-state index contributed by atoms with van der Waals surface area (Å²) in [7, 11) is 1.64. The summed E-state index contributed by atoms with van der Waals surface area (Å²) in [4.78, 5) is 0. The second-order valence-corrected chi connectivity index (χ2v) is 5.49. The second-order valence-electron chi connectivity index (χ2n) is 4.57. The van der Waals surface area contributed by atoms with E-state index in [0.717, 1.165) is 21.7 Å². The lowest BCUT2D eigenvalue weighted by atomic mass is 9.97. The van der Waals surface area contributed by atoms with Gasteiger partial charge >= 0.3 is 0 Å². The Morgan fingerprint density at radius 3 is 2.20 bits per heavy atom. The van der Waals surface area contributed by atoms with Crippen LogP contribution in [0, 0.1) is 24.4 Å². The average Bonchev–Trinajstić information content (AvgIpc) is 2.35. The minimum Gasteiger partial charge on any atom is -0.309 e. The average molecular weight is 344 g/mol. The van der Waals surface area contributed by atoms with E-state index in [9.17, 15) is 13.2 Å². The molecule has 0 fully saturated rings. The molecule has 1 nitrogen and oxygen atoms in total. The highest BCUT2D eigenvalue weighted by Crippen LogP contribution is 2.28. The molecule has 0 aliphatic heterocycles. The summed E-state index contributed by atoms with van der Waals surface area (Å²) < 4.78 is 41.1. The number of hydrogen-bond acceptors (Lipinski definition) is 1. The summed E-state index contributed by atoms with van der Waals surface area (Å²) in [5.74, 6) is -3.03. The van der Waals surface area contributed by atoms with E-state index in [-0.39, 0.29) is 5.56 Å². The fourth-order valence-corrected chi connectivity index (χ4v) is 2.82. The maximum atomic E-state index is 13.9. The molecule has 2 rings (SSSR count). The van der Waals surface area contributed by atoms with Crippen LogP contribution < -0.4 is 5.32 Å². The summed E-state index contributed by atoms with van der Waals surface area (Å²) in [6.07, 6.45) is 0. The van der Waals surface area contributed by atoms with Gasteiger partial charge in [0.1, 0.15) is 5.82 Å². The Labute approximate surface area is 123 Å². The number of hydrogen-bond donors (Lipinski definition) is 1. The van der Waals surface area contributed by atoms with Crippen molar-refractivity contribution in [1.29, 1.82) is 0 Å². The summed E-state index contributed by atoms with van der Waals surface area (Å²) in [5, 5.41) is 2.93. The van der Waals surface area contributed by atoms with E-state index in [0.29, 0.717) is 6.07 Å². The van der Waals surface area contributed by atoms with Gasteiger partial charge in [-0.1, -0.05) is 22.0 Å². The van der Waals surface area contributed by atoms with Gasteiger partial charge in [0.05, 0.1) is 6.04 Å². The van der Waals surface area contributed by atoms with Crippen LogP contribution in [-0.2, 0) is 0 Å². The molecule has 106 valence electrons. The molecule has 1 atom stereocenters. The monoisotopic (exact) mass is 343 g/mol. The number of halogens is 4. The summed E-state index contributed by atoms with van der Waals surface area (Å²) in [5.41, 5.74) is 1.82. The first kappa shape index (κ1) is 15.1. The number of nitrogens with one attached hydrogen (secondary N) is 1. The zero-order chi connectivity index (χ0) is 14.9. The molecule has 0 saturated carbocycles. The predicted octanol–water partition coefficient (Wildman–Crippen LogP) is 4.48. The van der Waals surface area contributed by atoms with Gasteiger partial charge in [0.25, 0.3) is 0 Å². The van der Waals surface area contributed by atoms with Crippen molar-refractivity contribution in [1.82, 2.24) is 5.32 Å². The molecule has 0 spiro atoms. The molecule has 0 aliphatic carbocycles. The van der Waals surface area contributed by atoms with Gasteiger partial charge in [-0.25, -0.2) is 13.2 Å². The zero-order valence-electron chi connectivity index (χ0n) is 11.0. The molecule has 0 saturated heterocycles. The Hall–Kier alpha value is -1.33. The van der Waals surface area contributed by atoms with Crippen molar-refractivity contribution in [2.45, 2.75) is 13.0 Å². The van der Waals surface area contributed by atoms with Crippen molar-refractivity contribution in [3.8, 4) is 0 Å². The normalized spacial score (nSPS) is 12.5. The van der Waals surface area contributed by atoms with Gasteiger partial charge in [-0.3, -0.25) is 0 Å². The number of benzene rings is 2. The van der Waals surface area contributed by atoms with E-state index in [4.69, 9.17) is 0 Å². The van der Waals surface area contributed by atoms with Crippen molar-refractivity contribution in [2.24, 2.45) is 0 Å². The van der Waals surface area contributed by atoms with Crippen molar-refractivity contribution in [3.63, 3.8) is 0 Å². The summed E-state index contributed by atoms with van der Waals surface area (Å²) in [6.45, 7) is 1.91. The van der Waals surface area contributed by atoms with E-state index in [1.807, 2.05) is 25.1 Å². The molecule has 0 amide bonds. The smallest absolute Gasteiger partial charge is 0.161 e. The minimum absolute atomic E-state index is 0.0731. The van der Waals surface area contributed by atoms with Gasteiger partial charge in [0.2, 0.25) is 0 Å². The molecular formula is C15H13BrF3N. The predicted molar refractivity (Wildman–Crippen MR) is 76.1 cm³/mol. The van der Waals surface area contributed by atoms with Crippen LogP contribution in [0.25, 0.3) is 0 Å². The molecule has 0 bridgehead atoms. The highest BCUT2D eigenvalue weighted by molar-refractivity contribution is 9.10. The van der Waals surface area contributed by atoms with Crippen LogP contribution in [0.5, 0.6) is 0 Å². The van der Waals surface area contributed by atoms with Crippen molar-refractivity contribution >= 4 is 15.9 Å². The molecule has 0 aliphatic rings. The van der Waals surface area contributed by atoms with Gasteiger partial charge < -0.3 is 5.32 Å². The fraction of sp³-hybridized carbons (Fsp3) is 0.200. The Morgan fingerprint density at radius 2 is 1.60 bits per heavy atom. The third kappa shape index (κ3) is 3.04. The SMILES string of the molecule is CNC(c1cc(C)cc(Br)c1)c1cc(F)c(F)cc1F. The third-order valence-electron chi connectivity index (χ3n) is 3.04. The van der Waals surface area contributed by atoms with Crippen LogP contribution in [0.2, 0.25) is 0 Å². The van der Waals surface area contributed by atoms with Gasteiger partial charge in [0, 0.05) is 16.1 Å². The first-order valence-corrected chi connectivity index (χ1v) is 6.80. The lowest BCUT2D eigenvalue weighted by molar-refractivity contribution is 0.483. The molecule has 0 radical (unpaired) electrons. The van der Waals surface area contributed by atoms with E-state index < -0.39 is 23.5 Å². The Kier molecular flexibility index (Phi) is 4.50. The molecule has 0 heterocycles. The van der Waals surface area contributed by atoms with E-state index in [1.165, 1.54) is 0 Å². The fourth-order valence-electron chi connectivity index (χ4n) is 2.19. The molecule has 1 unspecified atom stereocenters. The van der Waals surface area contributed by atoms with Gasteiger partial charge in [-0.05, 0) is 43.3 Å². The number of aryl methyl sites for hydroxylation is 1. The summed E-state index contributed by atoms with van der Waals surface area (Å²) in [6, 6.07) is 6.50. The first-order chi connectivity index (χ1) is 9.42. The second kappa shape index (κ2) is 5.97. The van der Waals surface area contributed by atoms with Gasteiger partial charge in [-0.2, -0.15) is 0 Å². The highest BCUT2D eigenvalue weighted by Gasteiger charge is 2.19. The third-order valence-corrected chi connectivity index (χ3v) is 3.49. The van der Waals surface area contributed by atoms with E-state index in [1.54, 1.807) is 7.05 Å². The van der Waals surface area contributed by atoms with Gasteiger partial charge in [-0.15, -0.1) is 0 Å².